The van der Waals surface area contributed by atoms with Crippen LogP contribution in [0.3, 0.4) is 0 Å². The summed E-state index contributed by atoms with van der Waals surface area (Å²) in [6.45, 7) is 0.370. The van der Waals surface area contributed by atoms with Crippen LogP contribution in [-0.2, 0) is 12.3 Å². The third-order valence-corrected chi connectivity index (χ3v) is 5.36. The van der Waals surface area contributed by atoms with Gasteiger partial charge in [-0.25, -0.2) is 14.5 Å². The van der Waals surface area contributed by atoms with Gasteiger partial charge in [-0.15, -0.1) is 5.10 Å². The molecule has 3 heterocycles. The Balaban J connectivity index is 1.34. The Kier molecular flexibility index (Phi) is 4.28. The second kappa shape index (κ2) is 7.10. The highest BCUT2D eigenvalue weighted by atomic mass is 32.2. The fraction of sp³-hybridized carbons (Fsp3) is 0.100. The number of hydrogen-bond donors (Lipinski definition) is 2. The van der Waals surface area contributed by atoms with Crippen molar-refractivity contribution < 1.29 is 9.52 Å². The van der Waals surface area contributed by atoms with Crippen molar-refractivity contribution in [2.75, 3.05) is 0 Å². The average molecular weight is 405 g/mol. The van der Waals surface area contributed by atoms with E-state index in [1.165, 1.54) is 12.1 Å². The first-order valence-corrected chi connectivity index (χ1v) is 9.85. The highest BCUT2D eigenvalue weighted by molar-refractivity contribution is 7.98. The number of benzene rings is 2. The molecule has 9 heteroatoms. The van der Waals surface area contributed by atoms with Gasteiger partial charge in [0.25, 0.3) is 0 Å². The van der Waals surface area contributed by atoms with E-state index in [1.54, 1.807) is 28.6 Å². The molecule has 3 aromatic heterocycles. The Bertz CT molecular complexity index is 1350. The van der Waals surface area contributed by atoms with E-state index in [9.17, 15) is 9.90 Å². The Morgan fingerprint density at radius 2 is 2.07 bits per heavy atom. The predicted molar refractivity (Wildman–Crippen MR) is 109 cm³/mol. The van der Waals surface area contributed by atoms with Crippen LogP contribution < -0.4 is 5.63 Å². The van der Waals surface area contributed by atoms with Crippen molar-refractivity contribution in [1.82, 2.24) is 25.0 Å². The van der Waals surface area contributed by atoms with E-state index < -0.39 is 5.63 Å². The van der Waals surface area contributed by atoms with E-state index in [2.05, 4.69) is 20.3 Å². The summed E-state index contributed by atoms with van der Waals surface area (Å²) in [7, 11) is 0. The van der Waals surface area contributed by atoms with Crippen molar-refractivity contribution in [3.63, 3.8) is 0 Å². The molecule has 144 valence electrons. The number of thioether (sulfide) groups is 1. The molecule has 0 saturated heterocycles. The molecule has 0 radical (unpaired) electrons. The van der Waals surface area contributed by atoms with E-state index in [0.717, 1.165) is 32.8 Å². The number of phenols is 1. The Labute approximate surface area is 168 Å². The highest BCUT2D eigenvalue weighted by Gasteiger charge is 2.10. The minimum absolute atomic E-state index is 0.0449. The van der Waals surface area contributed by atoms with Crippen LogP contribution >= 0.6 is 11.8 Å². The fourth-order valence-corrected chi connectivity index (χ4v) is 3.91. The maximum Gasteiger partial charge on any atom is 0.336 e. The van der Waals surface area contributed by atoms with Gasteiger partial charge in [-0.05, 0) is 29.8 Å². The number of aromatic nitrogens is 5. The van der Waals surface area contributed by atoms with Crippen LogP contribution in [0.15, 0.2) is 69.1 Å². The molecule has 0 aliphatic heterocycles. The number of phenolic OH excluding ortho intramolecular Hbond substituents is 1. The van der Waals surface area contributed by atoms with Crippen LogP contribution in [0, 0.1) is 0 Å². The molecule has 0 saturated carbocycles. The summed E-state index contributed by atoms with van der Waals surface area (Å²) >= 11 is 1.55. The van der Waals surface area contributed by atoms with Crippen molar-refractivity contribution in [3.05, 3.63) is 76.4 Å². The number of nitrogens with one attached hydrogen (secondary N) is 1. The van der Waals surface area contributed by atoms with Gasteiger partial charge in [-0.3, -0.25) is 0 Å². The van der Waals surface area contributed by atoms with Crippen LogP contribution in [0.4, 0.5) is 0 Å². The standard InChI is InChI=1S/C20H15N5O3S/c26-14-5-6-15-12(7-19(27)28-18(15)8-14)9-25-10-13(23-24-25)11-29-20-21-16-3-1-2-4-17(16)22-20/h1-8,10,26H,9,11H2,(H,21,22). The van der Waals surface area contributed by atoms with Crippen LogP contribution in [0.1, 0.15) is 11.3 Å². The number of aromatic amines is 1. The van der Waals surface area contributed by atoms with Gasteiger partial charge in [0, 0.05) is 29.5 Å². The maximum absolute atomic E-state index is 11.8. The van der Waals surface area contributed by atoms with Gasteiger partial charge in [0.1, 0.15) is 11.3 Å². The minimum Gasteiger partial charge on any atom is -0.508 e. The Morgan fingerprint density at radius 1 is 1.17 bits per heavy atom. The second-order valence-corrected chi connectivity index (χ2v) is 7.49. The zero-order chi connectivity index (χ0) is 19.8. The molecule has 2 N–H and O–H groups in total. The summed E-state index contributed by atoms with van der Waals surface area (Å²) < 4.78 is 6.84. The van der Waals surface area contributed by atoms with Gasteiger partial charge >= 0.3 is 5.63 Å². The number of fused-ring (bicyclic) bond motifs is 2. The van der Waals surface area contributed by atoms with Gasteiger partial charge in [0.2, 0.25) is 0 Å². The van der Waals surface area contributed by atoms with Crippen LogP contribution in [-0.4, -0.2) is 30.1 Å². The van der Waals surface area contributed by atoms with E-state index in [1.807, 2.05) is 30.5 Å². The second-order valence-electron chi connectivity index (χ2n) is 6.53. The molecule has 0 aliphatic carbocycles. The van der Waals surface area contributed by atoms with E-state index >= 15 is 0 Å². The third kappa shape index (κ3) is 3.59. The molecule has 0 aliphatic rings. The summed E-state index contributed by atoms with van der Waals surface area (Å²) in [4.78, 5) is 19.7. The molecule has 5 aromatic rings. The van der Waals surface area contributed by atoms with Crippen LogP contribution in [0.5, 0.6) is 5.75 Å². The first kappa shape index (κ1) is 17.5. The lowest BCUT2D eigenvalue weighted by atomic mass is 10.1. The zero-order valence-corrected chi connectivity index (χ0v) is 15.9. The summed E-state index contributed by atoms with van der Waals surface area (Å²) in [6, 6.07) is 14.0. The summed E-state index contributed by atoms with van der Waals surface area (Å²) in [5, 5.41) is 19.5. The van der Waals surface area contributed by atoms with Crippen molar-refractivity contribution in [3.8, 4) is 5.75 Å². The molecule has 5 rings (SSSR count). The topological polar surface area (TPSA) is 110 Å². The number of para-hydroxylation sites is 2. The van der Waals surface area contributed by atoms with E-state index in [4.69, 9.17) is 4.42 Å². The number of nitrogens with zero attached hydrogens (tertiary/aromatic N) is 4. The van der Waals surface area contributed by atoms with Crippen LogP contribution in [0.2, 0.25) is 0 Å². The highest BCUT2D eigenvalue weighted by Crippen LogP contribution is 2.24. The number of imidazole rings is 1. The monoisotopic (exact) mass is 405 g/mol. The van der Waals surface area contributed by atoms with Gasteiger partial charge in [0.15, 0.2) is 5.16 Å². The largest absolute Gasteiger partial charge is 0.508 e. The summed E-state index contributed by atoms with van der Waals surface area (Å²) in [5.41, 5.74) is 3.35. The summed E-state index contributed by atoms with van der Waals surface area (Å²) in [6.07, 6.45) is 1.84. The Morgan fingerprint density at radius 3 is 2.97 bits per heavy atom. The molecule has 0 amide bonds. The lowest BCUT2D eigenvalue weighted by Crippen LogP contribution is -2.06. The quantitative estimate of drug-likeness (QED) is 0.341. The maximum atomic E-state index is 11.8. The molecular formula is C20H15N5O3S. The van der Waals surface area contributed by atoms with Gasteiger partial charge in [-0.2, -0.15) is 0 Å². The van der Waals surface area contributed by atoms with Crippen LogP contribution in [0.25, 0.3) is 22.0 Å². The molecule has 0 bridgehead atoms. The number of H-pyrrole nitrogens is 1. The molecule has 0 spiro atoms. The van der Waals surface area contributed by atoms with Crippen molar-refractivity contribution in [2.24, 2.45) is 0 Å². The molecule has 0 atom stereocenters. The number of aromatic hydroxyl groups is 1. The third-order valence-electron chi connectivity index (χ3n) is 4.46. The smallest absolute Gasteiger partial charge is 0.336 e. The minimum atomic E-state index is -0.473. The molecule has 8 nitrogen and oxygen atoms in total. The van der Waals surface area contributed by atoms with E-state index in [-0.39, 0.29) is 5.75 Å². The molecule has 0 unspecified atom stereocenters. The lowest BCUT2D eigenvalue weighted by molar-refractivity contribution is 0.473. The Hall–Kier alpha value is -3.59. The number of hydrogen-bond acceptors (Lipinski definition) is 7. The van der Waals surface area contributed by atoms with Gasteiger partial charge in [-0.1, -0.05) is 29.1 Å². The zero-order valence-electron chi connectivity index (χ0n) is 15.1. The van der Waals surface area contributed by atoms with Gasteiger partial charge in [0.05, 0.1) is 23.3 Å². The van der Waals surface area contributed by atoms with Crippen molar-refractivity contribution in [2.45, 2.75) is 17.5 Å². The molecule has 29 heavy (non-hydrogen) atoms. The van der Waals surface area contributed by atoms with Crippen molar-refractivity contribution >= 4 is 33.8 Å². The molecule has 2 aromatic carbocycles. The fourth-order valence-electron chi connectivity index (χ4n) is 3.15. The van der Waals surface area contributed by atoms with Gasteiger partial charge < -0.3 is 14.5 Å². The average Bonchev–Trinajstić information content (AvgIpc) is 3.32. The lowest BCUT2D eigenvalue weighted by Gasteiger charge is -2.05. The molecule has 0 fully saturated rings. The molecular weight excluding hydrogens is 390 g/mol. The normalized spacial score (nSPS) is 11.4. The SMILES string of the molecule is O=c1cc(Cn2cc(CSc3nc4ccccc4[nH]3)nn2)c2ccc(O)cc2o1. The van der Waals surface area contributed by atoms with Crippen molar-refractivity contribution in [1.29, 1.82) is 0 Å². The number of rotatable bonds is 5. The predicted octanol–water partition coefficient (Wildman–Crippen LogP) is 3.31. The first-order valence-electron chi connectivity index (χ1n) is 8.86. The first-order chi connectivity index (χ1) is 14.1. The summed E-state index contributed by atoms with van der Waals surface area (Å²) in [5.74, 6) is 0.661. The van der Waals surface area contributed by atoms with E-state index in [0.29, 0.717) is 17.9 Å².